The summed E-state index contributed by atoms with van der Waals surface area (Å²) in [4.78, 5) is 12.2. The van der Waals surface area contributed by atoms with E-state index in [1.807, 2.05) is 0 Å². The Hall–Kier alpha value is -2.29. The number of aliphatic hydroxyl groups excluding tert-OH is 3. The number of phenols is 1. The second-order valence-corrected chi connectivity index (χ2v) is 5.43. The predicted molar refractivity (Wildman–Crippen MR) is 71.5 cm³/mol. The summed E-state index contributed by atoms with van der Waals surface area (Å²) in [6, 6.07) is 0.643. The molecule has 5 N–H and O–H groups in total. The second-order valence-electron chi connectivity index (χ2n) is 5.43. The first-order valence-corrected chi connectivity index (χ1v) is 6.71. The minimum absolute atomic E-state index is 0.0115. The van der Waals surface area contributed by atoms with Crippen LogP contribution in [0.25, 0.3) is 5.57 Å². The topological polar surface area (TPSA) is 128 Å². The van der Waals surface area contributed by atoms with E-state index in [9.17, 15) is 25.2 Å². The van der Waals surface area contributed by atoms with Gasteiger partial charge in [0.15, 0.2) is 11.5 Å². The number of hydrogen-bond acceptors (Lipinski definition) is 7. The molecule has 3 aliphatic rings. The molecule has 2 heterocycles. The highest BCUT2D eigenvalue weighted by molar-refractivity contribution is 6.07. The van der Waals surface area contributed by atoms with E-state index in [1.54, 1.807) is 0 Å². The number of amides is 1. The molecule has 0 aromatic heterocycles. The minimum Gasteiger partial charge on any atom is -0.504 e. The smallest absolute Gasteiger partial charge is 0.256 e. The van der Waals surface area contributed by atoms with E-state index >= 15 is 0 Å². The molecule has 0 saturated heterocycles. The molecule has 0 spiro atoms. The molecule has 1 aromatic rings. The Labute approximate surface area is 124 Å². The average molecular weight is 307 g/mol. The van der Waals surface area contributed by atoms with Crippen LogP contribution in [0.4, 0.5) is 0 Å². The third kappa shape index (κ3) is 1.59. The number of phenolic OH excluding ortho intramolecular Hbond substituents is 1. The van der Waals surface area contributed by atoms with E-state index < -0.39 is 30.3 Å². The number of carbonyl (C=O) groups is 1. The molecule has 0 unspecified atom stereocenters. The molecule has 1 amide bonds. The monoisotopic (exact) mass is 307 g/mol. The van der Waals surface area contributed by atoms with E-state index in [2.05, 4.69) is 5.32 Å². The summed E-state index contributed by atoms with van der Waals surface area (Å²) < 4.78 is 10.3. The Morgan fingerprint density at radius 3 is 2.73 bits per heavy atom. The first-order chi connectivity index (χ1) is 10.5. The van der Waals surface area contributed by atoms with E-state index in [1.165, 1.54) is 12.1 Å². The van der Waals surface area contributed by atoms with Crippen LogP contribution >= 0.6 is 0 Å². The first-order valence-electron chi connectivity index (χ1n) is 6.71. The first kappa shape index (κ1) is 13.4. The molecule has 8 nitrogen and oxygen atoms in total. The van der Waals surface area contributed by atoms with E-state index in [4.69, 9.17) is 9.47 Å². The van der Waals surface area contributed by atoms with Gasteiger partial charge in [-0.25, -0.2) is 0 Å². The van der Waals surface area contributed by atoms with Crippen molar-refractivity contribution in [1.82, 2.24) is 5.32 Å². The maximum absolute atomic E-state index is 12.2. The highest BCUT2D eigenvalue weighted by Crippen LogP contribution is 2.48. The average Bonchev–Trinajstić information content (AvgIpc) is 2.95. The molecule has 4 rings (SSSR count). The van der Waals surface area contributed by atoms with E-state index in [0.29, 0.717) is 11.1 Å². The van der Waals surface area contributed by atoms with Crippen molar-refractivity contribution in [1.29, 1.82) is 0 Å². The van der Waals surface area contributed by atoms with Crippen LogP contribution in [0.2, 0.25) is 0 Å². The summed E-state index contributed by atoms with van der Waals surface area (Å²) in [6.45, 7) is -0.0696. The molecule has 1 aromatic carbocycles. The number of fused-ring (bicyclic) bond motifs is 4. The summed E-state index contributed by atoms with van der Waals surface area (Å²) in [5.74, 6) is -0.585. The zero-order valence-electron chi connectivity index (χ0n) is 11.2. The number of aromatic hydroxyl groups is 1. The molecular formula is C14H13NO7. The Kier molecular flexibility index (Phi) is 2.65. The molecule has 4 atom stereocenters. The number of hydrogen-bond donors (Lipinski definition) is 5. The molecule has 116 valence electrons. The van der Waals surface area contributed by atoms with Gasteiger partial charge in [0.25, 0.3) is 5.91 Å². The number of rotatable bonds is 0. The van der Waals surface area contributed by atoms with Gasteiger partial charge in [-0.3, -0.25) is 4.79 Å². The normalized spacial score (nSPS) is 32.0. The maximum Gasteiger partial charge on any atom is 0.256 e. The molecule has 22 heavy (non-hydrogen) atoms. The predicted octanol–water partition coefficient (Wildman–Crippen LogP) is -1.29. The fraction of sp³-hybridized carbons (Fsp3) is 0.357. The van der Waals surface area contributed by atoms with Gasteiger partial charge in [0, 0.05) is 5.56 Å². The minimum atomic E-state index is -1.40. The molecule has 0 radical (unpaired) electrons. The summed E-state index contributed by atoms with van der Waals surface area (Å²) in [5.41, 5.74) is 0.733. The number of nitrogens with one attached hydrogen (secondary N) is 1. The van der Waals surface area contributed by atoms with Crippen molar-refractivity contribution < 1.29 is 34.7 Å². The van der Waals surface area contributed by atoms with Gasteiger partial charge in [-0.15, -0.1) is 0 Å². The third-order valence-electron chi connectivity index (χ3n) is 4.19. The zero-order chi connectivity index (χ0) is 15.6. The fourth-order valence-electron chi connectivity index (χ4n) is 3.09. The molecule has 0 fully saturated rings. The van der Waals surface area contributed by atoms with Gasteiger partial charge in [-0.2, -0.15) is 0 Å². The number of aliphatic hydroxyl groups is 3. The molecule has 2 aliphatic heterocycles. The van der Waals surface area contributed by atoms with Crippen LogP contribution in [0.5, 0.6) is 17.2 Å². The van der Waals surface area contributed by atoms with Crippen molar-refractivity contribution in [3.05, 3.63) is 23.3 Å². The Morgan fingerprint density at radius 2 is 1.95 bits per heavy atom. The van der Waals surface area contributed by atoms with E-state index in [-0.39, 0.29) is 29.6 Å². The molecule has 1 aliphatic carbocycles. The lowest BCUT2D eigenvalue weighted by molar-refractivity contribution is -0.0535. The highest BCUT2D eigenvalue weighted by atomic mass is 16.7. The van der Waals surface area contributed by atoms with Gasteiger partial charge in [-0.1, -0.05) is 0 Å². The van der Waals surface area contributed by atoms with Crippen LogP contribution in [0.1, 0.15) is 15.9 Å². The van der Waals surface area contributed by atoms with Crippen molar-refractivity contribution in [2.45, 2.75) is 24.4 Å². The van der Waals surface area contributed by atoms with E-state index in [0.717, 1.165) is 0 Å². The maximum atomic E-state index is 12.2. The fourth-order valence-corrected chi connectivity index (χ4v) is 3.09. The quantitative estimate of drug-likeness (QED) is 0.403. The second kappa shape index (κ2) is 4.35. The lowest BCUT2D eigenvalue weighted by Crippen LogP contribution is -2.57. The van der Waals surface area contributed by atoms with Gasteiger partial charge in [0.05, 0.1) is 11.6 Å². The van der Waals surface area contributed by atoms with Gasteiger partial charge in [0.1, 0.15) is 18.3 Å². The lowest BCUT2D eigenvalue weighted by Gasteiger charge is -2.39. The molecule has 8 heteroatoms. The number of ether oxygens (including phenoxy) is 2. The van der Waals surface area contributed by atoms with Gasteiger partial charge in [0.2, 0.25) is 12.5 Å². The SMILES string of the molecule is O=C1N[C@H]2C(=C[C@H](O)[C@@H](O)[C@H]2O)c2cc3c(c(O)c21)OCO3. The van der Waals surface area contributed by atoms with Crippen molar-refractivity contribution >= 4 is 11.5 Å². The lowest BCUT2D eigenvalue weighted by atomic mass is 9.79. The molecular weight excluding hydrogens is 294 g/mol. The van der Waals surface area contributed by atoms with Gasteiger partial charge in [-0.05, 0) is 17.7 Å². The Balaban J connectivity index is 1.95. The van der Waals surface area contributed by atoms with Crippen LogP contribution in [-0.2, 0) is 0 Å². The largest absolute Gasteiger partial charge is 0.504 e. The Morgan fingerprint density at radius 1 is 1.18 bits per heavy atom. The van der Waals surface area contributed by atoms with Crippen LogP contribution in [-0.4, -0.2) is 57.5 Å². The van der Waals surface area contributed by atoms with Crippen molar-refractivity contribution in [3.8, 4) is 17.2 Å². The van der Waals surface area contributed by atoms with Gasteiger partial charge >= 0.3 is 0 Å². The van der Waals surface area contributed by atoms with Crippen LogP contribution < -0.4 is 14.8 Å². The Bertz CT molecular complexity index is 714. The van der Waals surface area contributed by atoms with Gasteiger partial charge < -0.3 is 35.2 Å². The van der Waals surface area contributed by atoms with Crippen LogP contribution in [0.3, 0.4) is 0 Å². The highest BCUT2D eigenvalue weighted by Gasteiger charge is 2.44. The summed E-state index contributed by atoms with van der Waals surface area (Å²) in [5, 5.41) is 42.4. The van der Waals surface area contributed by atoms with Crippen LogP contribution in [0.15, 0.2) is 12.1 Å². The third-order valence-corrected chi connectivity index (χ3v) is 4.19. The van der Waals surface area contributed by atoms with Crippen molar-refractivity contribution in [3.63, 3.8) is 0 Å². The summed E-state index contributed by atoms with van der Waals surface area (Å²) in [6.07, 6.45) is -2.70. The van der Waals surface area contributed by atoms with Crippen LogP contribution in [0, 0.1) is 0 Å². The summed E-state index contributed by atoms with van der Waals surface area (Å²) >= 11 is 0. The summed E-state index contributed by atoms with van der Waals surface area (Å²) in [7, 11) is 0. The molecule has 0 saturated carbocycles. The number of carbonyl (C=O) groups excluding carboxylic acids is 1. The van der Waals surface area contributed by atoms with Crippen molar-refractivity contribution in [2.75, 3.05) is 6.79 Å². The zero-order valence-corrected chi connectivity index (χ0v) is 11.2. The standard InChI is InChI=1S/C14H13NO7/c16-6-1-5-4-2-7-13(22-3-21-7)11(18)8(4)14(20)15-9(5)12(19)10(6)17/h1-2,6,9-10,12,16-19H,3H2,(H,15,20)/t6-,9-,10+,12-/m0/s1. The van der Waals surface area contributed by atoms with Crippen molar-refractivity contribution in [2.24, 2.45) is 0 Å². The molecule has 0 bridgehead atoms. The number of benzene rings is 1.